The molecule has 2 saturated carbocycles. The summed E-state index contributed by atoms with van der Waals surface area (Å²) in [7, 11) is 1.82. The Bertz CT molecular complexity index is 598. The van der Waals surface area contributed by atoms with E-state index < -0.39 is 0 Å². The number of fused-ring (bicyclic) bond motifs is 1. The van der Waals surface area contributed by atoms with Crippen LogP contribution in [0.25, 0.3) is 0 Å². The van der Waals surface area contributed by atoms with Crippen molar-refractivity contribution in [3.63, 3.8) is 0 Å². The summed E-state index contributed by atoms with van der Waals surface area (Å²) in [5.41, 5.74) is 0. The summed E-state index contributed by atoms with van der Waals surface area (Å²) in [6.45, 7) is 5.11. The molecule has 0 bridgehead atoms. The van der Waals surface area contributed by atoms with E-state index in [1.54, 1.807) is 6.92 Å². The average molecular weight is 407 g/mol. The van der Waals surface area contributed by atoms with Gasteiger partial charge in [-0.25, -0.2) is 0 Å². The molecule has 0 N–H and O–H groups in total. The van der Waals surface area contributed by atoms with E-state index in [1.165, 1.54) is 19.3 Å². The van der Waals surface area contributed by atoms with Crippen LogP contribution in [0.2, 0.25) is 0 Å². The maximum absolute atomic E-state index is 13.3. The lowest BCUT2D eigenvalue weighted by Crippen LogP contribution is -2.68. The number of nitrogens with zero attached hydrogens (tertiary/aromatic N) is 2. The molecule has 2 heterocycles. The van der Waals surface area contributed by atoms with E-state index in [0.717, 1.165) is 44.4 Å². The molecule has 0 aromatic rings. The third-order valence-electron chi connectivity index (χ3n) is 8.09. The molecule has 0 spiro atoms. The quantitative estimate of drug-likeness (QED) is 0.723. The molecule has 0 aromatic carbocycles. The number of methoxy groups -OCH3 is 1. The van der Waals surface area contributed by atoms with Crippen LogP contribution in [-0.4, -0.2) is 72.2 Å². The smallest absolute Gasteiger partial charge is 0.252 e. The van der Waals surface area contributed by atoms with Crippen molar-refractivity contribution in [1.29, 1.82) is 0 Å². The van der Waals surface area contributed by atoms with E-state index in [4.69, 9.17) is 9.47 Å². The summed E-state index contributed by atoms with van der Waals surface area (Å²) >= 11 is 0. The van der Waals surface area contributed by atoms with E-state index in [1.807, 2.05) is 7.11 Å². The number of rotatable bonds is 3. The maximum atomic E-state index is 13.3. The van der Waals surface area contributed by atoms with Crippen molar-refractivity contribution >= 4 is 11.8 Å². The Balaban J connectivity index is 1.51. The first-order chi connectivity index (χ1) is 14.0. The molecule has 2 aliphatic heterocycles. The van der Waals surface area contributed by atoms with Crippen molar-refractivity contribution in [1.82, 2.24) is 9.80 Å². The van der Waals surface area contributed by atoms with Crippen molar-refractivity contribution in [2.24, 2.45) is 11.8 Å². The van der Waals surface area contributed by atoms with E-state index >= 15 is 0 Å². The Morgan fingerprint density at radius 1 is 0.966 bits per heavy atom. The number of hydrogen-bond donors (Lipinski definition) is 0. The normalized spacial score (nSPS) is 40.6. The number of carbonyl (C=O) groups excluding carboxylic acids is 2. The Kier molecular flexibility index (Phi) is 6.50. The Labute approximate surface area is 175 Å². The zero-order valence-corrected chi connectivity index (χ0v) is 18.3. The molecule has 164 valence electrons. The van der Waals surface area contributed by atoms with Crippen LogP contribution in [0.15, 0.2) is 0 Å². The number of piperazine rings is 1. The highest BCUT2D eigenvalue weighted by atomic mass is 16.5. The largest absolute Gasteiger partial charge is 0.381 e. The van der Waals surface area contributed by atoms with E-state index in [2.05, 4.69) is 16.7 Å². The number of carbonyl (C=O) groups is 2. The van der Waals surface area contributed by atoms with Crippen molar-refractivity contribution in [3.05, 3.63) is 0 Å². The molecular formula is C23H38N2O4. The first-order valence-corrected chi connectivity index (χ1v) is 11.7. The van der Waals surface area contributed by atoms with Gasteiger partial charge in [0.05, 0.1) is 18.2 Å². The topological polar surface area (TPSA) is 59.1 Å². The Morgan fingerprint density at radius 2 is 1.69 bits per heavy atom. The van der Waals surface area contributed by atoms with Gasteiger partial charge in [0, 0.05) is 33.2 Å². The van der Waals surface area contributed by atoms with Crippen molar-refractivity contribution in [2.75, 3.05) is 20.3 Å². The molecule has 0 aromatic heterocycles. The molecule has 4 fully saturated rings. The first-order valence-electron chi connectivity index (χ1n) is 11.7. The van der Waals surface area contributed by atoms with Crippen LogP contribution in [0.3, 0.4) is 0 Å². The number of amides is 2. The van der Waals surface area contributed by atoms with Gasteiger partial charge in [-0.15, -0.1) is 0 Å². The number of hydrogen-bond acceptors (Lipinski definition) is 4. The second-order valence-electron chi connectivity index (χ2n) is 9.75. The lowest BCUT2D eigenvalue weighted by Gasteiger charge is -2.55. The van der Waals surface area contributed by atoms with Gasteiger partial charge in [-0.05, 0) is 76.5 Å². The molecule has 4 rings (SSSR count). The van der Waals surface area contributed by atoms with Crippen LogP contribution in [0.4, 0.5) is 0 Å². The lowest BCUT2D eigenvalue weighted by atomic mass is 9.69. The molecule has 2 amide bonds. The molecule has 4 unspecified atom stereocenters. The summed E-state index contributed by atoms with van der Waals surface area (Å²) in [6, 6.07) is 0.381. The third kappa shape index (κ3) is 4.20. The van der Waals surface area contributed by atoms with Crippen molar-refractivity contribution < 1.29 is 19.1 Å². The molecule has 0 radical (unpaired) electrons. The van der Waals surface area contributed by atoms with Gasteiger partial charge in [0.15, 0.2) is 0 Å². The summed E-state index contributed by atoms with van der Waals surface area (Å²) in [5, 5.41) is 0. The predicted octanol–water partition coefficient (Wildman–Crippen LogP) is 2.99. The first kappa shape index (κ1) is 21.1. The van der Waals surface area contributed by atoms with E-state index in [-0.39, 0.29) is 36.0 Å². The van der Waals surface area contributed by atoms with Gasteiger partial charge < -0.3 is 19.3 Å². The van der Waals surface area contributed by atoms with E-state index in [0.29, 0.717) is 25.2 Å². The Morgan fingerprint density at radius 3 is 2.31 bits per heavy atom. The van der Waals surface area contributed by atoms with Crippen LogP contribution in [-0.2, 0) is 19.1 Å². The highest BCUT2D eigenvalue weighted by Gasteiger charge is 2.48. The fourth-order valence-corrected chi connectivity index (χ4v) is 6.64. The zero-order valence-electron chi connectivity index (χ0n) is 18.3. The van der Waals surface area contributed by atoms with Crippen LogP contribution >= 0.6 is 0 Å². The van der Waals surface area contributed by atoms with E-state index in [9.17, 15) is 9.59 Å². The number of ether oxygens (including phenoxy) is 2. The van der Waals surface area contributed by atoms with Crippen LogP contribution in [0.1, 0.15) is 71.6 Å². The van der Waals surface area contributed by atoms with Crippen LogP contribution < -0.4 is 0 Å². The Hall–Kier alpha value is -1.14. The molecule has 4 aliphatic rings. The molecular weight excluding hydrogens is 368 g/mol. The zero-order chi connectivity index (χ0) is 20.5. The van der Waals surface area contributed by atoms with Gasteiger partial charge in [-0.3, -0.25) is 9.59 Å². The van der Waals surface area contributed by atoms with Gasteiger partial charge >= 0.3 is 0 Å². The van der Waals surface area contributed by atoms with Crippen molar-refractivity contribution in [3.8, 4) is 0 Å². The molecule has 5 atom stereocenters. The summed E-state index contributed by atoms with van der Waals surface area (Å²) in [6.07, 6.45) is 9.93. The molecule has 2 saturated heterocycles. The van der Waals surface area contributed by atoms with Gasteiger partial charge in [-0.2, -0.15) is 0 Å². The lowest BCUT2D eigenvalue weighted by molar-refractivity contribution is -0.160. The molecule has 6 heteroatoms. The minimum absolute atomic E-state index is 0.0767. The highest BCUT2D eigenvalue weighted by molar-refractivity contribution is 5.82. The van der Waals surface area contributed by atoms with Gasteiger partial charge in [0.2, 0.25) is 5.91 Å². The fraction of sp³-hybridized carbons (Fsp3) is 0.913. The predicted molar refractivity (Wildman–Crippen MR) is 110 cm³/mol. The maximum Gasteiger partial charge on any atom is 0.252 e. The SMILES string of the molecule is COC1CCC(C2CCC3C(C2)N(C(=O)C2CCCO2)C[C@H](C)N3C(C)=O)CC1. The van der Waals surface area contributed by atoms with Crippen molar-refractivity contribution in [2.45, 2.75) is 102 Å². The van der Waals surface area contributed by atoms with Gasteiger partial charge in [0.1, 0.15) is 6.10 Å². The highest BCUT2D eigenvalue weighted by Crippen LogP contribution is 2.43. The second kappa shape index (κ2) is 8.93. The second-order valence-corrected chi connectivity index (χ2v) is 9.75. The summed E-state index contributed by atoms with van der Waals surface area (Å²) < 4.78 is 11.3. The fourth-order valence-electron chi connectivity index (χ4n) is 6.64. The minimum atomic E-state index is -0.274. The molecule has 2 aliphatic carbocycles. The minimum Gasteiger partial charge on any atom is -0.381 e. The average Bonchev–Trinajstić information content (AvgIpc) is 3.27. The van der Waals surface area contributed by atoms with Crippen LogP contribution in [0.5, 0.6) is 0 Å². The summed E-state index contributed by atoms with van der Waals surface area (Å²) in [4.78, 5) is 29.9. The standard InChI is InChI=1S/C23H38N2O4/c1-15-14-24(23(27)22-5-4-12-29-22)21-13-18(8-11-20(21)25(15)16(2)26)17-6-9-19(28-3)10-7-17/h15,17-22H,4-14H2,1-3H3/t15-,17?,18?,19?,20?,21?,22?/m0/s1. The third-order valence-corrected chi connectivity index (χ3v) is 8.09. The van der Waals surface area contributed by atoms with Gasteiger partial charge in [-0.1, -0.05) is 0 Å². The monoisotopic (exact) mass is 406 g/mol. The molecule has 6 nitrogen and oxygen atoms in total. The molecule has 29 heavy (non-hydrogen) atoms. The van der Waals surface area contributed by atoms with Crippen LogP contribution in [0, 0.1) is 11.8 Å². The summed E-state index contributed by atoms with van der Waals surface area (Å²) in [5.74, 6) is 1.69. The van der Waals surface area contributed by atoms with Gasteiger partial charge in [0.25, 0.3) is 5.91 Å².